The van der Waals surface area contributed by atoms with Crippen molar-refractivity contribution < 1.29 is 28.2 Å². The van der Waals surface area contributed by atoms with Crippen molar-refractivity contribution in [3.05, 3.63) is 63.4 Å². The molecule has 1 N–H and O–H groups in total. The van der Waals surface area contributed by atoms with Gasteiger partial charge in [0, 0.05) is 22.6 Å². The van der Waals surface area contributed by atoms with Gasteiger partial charge in [0.25, 0.3) is 5.79 Å². The summed E-state index contributed by atoms with van der Waals surface area (Å²) in [5.41, 5.74) is 2.13. The van der Waals surface area contributed by atoms with Gasteiger partial charge in [-0.05, 0) is 35.6 Å². The fourth-order valence-electron chi connectivity index (χ4n) is 4.41. The van der Waals surface area contributed by atoms with Gasteiger partial charge in [-0.15, -0.1) is 11.8 Å². The van der Waals surface area contributed by atoms with Crippen molar-refractivity contribution >= 4 is 41.1 Å². The Hall–Kier alpha value is -2.42. The zero-order valence-corrected chi connectivity index (χ0v) is 22.1. The largest absolute Gasteiger partial charge is 0.416 e. The molecule has 192 valence electrons. The normalized spacial score (nSPS) is 17.6. The maximum absolute atomic E-state index is 15.4. The third kappa shape index (κ3) is 5.93. The number of Topliss-reactive ketones (excluding diaryl/α,β-unsaturated/α-hetero) is 1. The monoisotopic (exact) mass is 533 g/mol. The third-order valence-corrected chi connectivity index (χ3v) is 7.66. The van der Waals surface area contributed by atoms with Gasteiger partial charge < -0.3 is 14.8 Å². The van der Waals surface area contributed by atoms with Crippen LogP contribution < -0.4 is 5.32 Å². The van der Waals surface area contributed by atoms with Gasteiger partial charge in [-0.25, -0.2) is 4.39 Å². The molecule has 1 saturated heterocycles. The number of hydrogen-bond acceptors (Lipinski definition) is 7. The van der Waals surface area contributed by atoms with Gasteiger partial charge >= 0.3 is 11.9 Å². The number of esters is 2. The fourth-order valence-corrected chi connectivity index (χ4v) is 5.86. The van der Waals surface area contributed by atoms with E-state index in [4.69, 9.17) is 21.1 Å². The van der Waals surface area contributed by atoms with Crippen LogP contribution in [0.15, 0.2) is 35.2 Å². The van der Waals surface area contributed by atoms with Crippen molar-refractivity contribution in [2.45, 2.75) is 62.9 Å². The molecule has 2 aromatic rings. The molecular weight excluding hydrogens is 505 g/mol. The van der Waals surface area contributed by atoms with Gasteiger partial charge in [-0.2, -0.15) is 0 Å². The van der Waals surface area contributed by atoms with Gasteiger partial charge in [0.1, 0.15) is 5.82 Å². The van der Waals surface area contributed by atoms with Crippen LogP contribution in [0, 0.1) is 11.2 Å². The number of hydrogen-bond donors (Lipinski definition) is 1. The van der Waals surface area contributed by atoms with E-state index in [1.807, 2.05) is 45.0 Å². The smallest absolute Gasteiger partial charge is 0.309 e. The molecule has 2 aliphatic rings. The van der Waals surface area contributed by atoms with Gasteiger partial charge in [-0.1, -0.05) is 56.6 Å². The molecule has 0 radical (unpaired) electrons. The minimum atomic E-state index is -1.88. The Kier molecular flexibility index (Phi) is 7.78. The first-order chi connectivity index (χ1) is 17.0. The Morgan fingerprint density at radius 1 is 1.11 bits per heavy atom. The Morgan fingerprint density at radius 2 is 1.75 bits per heavy atom. The molecule has 2 aliphatic heterocycles. The molecule has 6 nitrogen and oxygen atoms in total. The molecule has 0 amide bonds. The number of thioether (sulfide) groups is 1. The molecule has 9 heteroatoms. The molecule has 0 saturated carbocycles. The van der Waals surface area contributed by atoms with Crippen molar-refractivity contribution in [2.24, 2.45) is 5.41 Å². The standard InChI is InChI=1S/C27H29ClFNO5S/c1-26(2,3)13-21(31)17-6-4-16(5-7-17)14-36-25-18-10-11-30-15-27(24(18)20(29)12-19(25)28)34-22(32)8-9-23(33)35-27/h4-7,12,30H,8-11,13-15H2,1-3H3. The lowest BCUT2D eigenvalue weighted by molar-refractivity contribution is -0.226. The van der Waals surface area contributed by atoms with E-state index in [1.54, 1.807) is 0 Å². The Labute approximate surface area is 219 Å². The number of ketones is 1. The Bertz CT molecular complexity index is 1170. The van der Waals surface area contributed by atoms with Crippen molar-refractivity contribution in [3.63, 3.8) is 0 Å². The molecule has 0 atom stereocenters. The highest BCUT2D eigenvalue weighted by Gasteiger charge is 2.48. The number of halogens is 2. The number of carbonyl (C=O) groups is 3. The average molecular weight is 534 g/mol. The molecule has 0 bridgehead atoms. The Morgan fingerprint density at radius 3 is 2.36 bits per heavy atom. The molecule has 2 heterocycles. The van der Waals surface area contributed by atoms with Crippen LogP contribution >= 0.6 is 23.4 Å². The number of fused-ring (bicyclic) bond motifs is 2. The molecular formula is C27H29ClFNO5S. The number of benzene rings is 2. The highest BCUT2D eigenvalue weighted by Crippen LogP contribution is 2.43. The maximum atomic E-state index is 15.4. The molecule has 0 unspecified atom stereocenters. The lowest BCUT2D eigenvalue weighted by Crippen LogP contribution is -2.44. The second kappa shape index (κ2) is 10.5. The van der Waals surface area contributed by atoms with Gasteiger partial charge in [0.05, 0.1) is 30.0 Å². The second-order valence-corrected chi connectivity index (χ2v) is 11.7. The van der Waals surface area contributed by atoms with Crippen LogP contribution in [0.4, 0.5) is 4.39 Å². The van der Waals surface area contributed by atoms with E-state index in [-0.39, 0.29) is 41.2 Å². The number of rotatable bonds is 5. The van der Waals surface area contributed by atoms with Crippen molar-refractivity contribution in [1.29, 1.82) is 0 Å². The lowest BCUT2D eigenvalue weighted by Gasteiger charge is -2.32. The topological polar surface area (TPSA) is 81.7 Å². The summed E-state index contributed by atoms with van der Waals surface area (Å²) in [6, 6.07) is 8.62. The maximum Gasteiger partial charge on any atom is 0.309 e. The third-order valence-electron chi connectivity index (χ3n) is 6.02. The summed E-state index contributed by atoms with van der Waals surface area (Å²) in [6.45, 7) is 6.50. The summed E-state index contributed by atoms with van der Waals surface area (Å²) in [7, 11) is 0. The summed E-state index contributed by atoms with van der Waals surface area (Å²) in [5.74, 6) is -3.20. The first kappa shape index (κ1) is 26.6. The van der Waals surface area contributed by atoms with Crippen LogP contribution in [0.25, 0.3) is 0 Å². The zero-order valence-electron chi connectivity index (χ0n) is 20.5. The number of nitrogens with one attached hydrogen (secondary N) is 1. The first-order valence-corrected chi connectivity index (χ1v) is 13.2. The predicted molar refractivity (Wildman–Crippen MR) is 135 cm³/mol. The molecule has 1 spiro atoms. The van der Waals surface area contributed by atoms with E-state index in [9.17, 15) is 14.4 Å². The SMILES string of the molecule is CC(C)(C)CC(=O)c1ccc(CSc2c(Cl)cc(F)c3c2CCNCC32OC(=O)CCC(=O)O2)cc1. The van der Waals surface area contributed by atoms with Gasteiger partial charge in [0.2, 0.25) is 0 Å². The highest BCUT2D eigenvalue weighted by molar-refractivity contribution is 7.98. The predicted octanol–water partition coefficient (Wildman–Crippen LogP) is 5.57. The fraction of sp³-hybridized carbons (Fsp3) is 0.444. The van der Waals surface area contributed by atoms with E-state index in [0.29, 0.717) is 41.2 Å². The molecule has 1 fully saturated rings. The molecule has 0 aromatic heterocycles. The minimum absolute atomic E-state index is 0.0334. The molecule has 2 aromatic carbocycles. The summed E-state index contributed by atoms with van der Waals surface area (Å²) in [6.07, 6.45) is 0.623. The number of carbonyl (C=O) groups excluding carboxylic acids is 3. The van der Waals surface area contributed by atoms with Crippen molar-refractivity contribution in [2.75, 3.05) is 13.1 Å². The van der Waals surface area contributed by atoms with Crippen molar-refractivity contribution in [3.8, 4) is 0 Å². The zero-order chi connectivity index (χ0) is 26.1. The lowest BCUT2D eigenvalue weighted by atomic mass is 9.88. The van der Waals surface area contributed by atoms with Crippen LogP contribution in [-0.4, -0.2) is 30.8 Å². The van der Waals surface area contributed by atoms with E-state index < -0.39 is 23.5 Å². The Balaban J connectivity index is 1.63. The molecule has 4 rings (SSSR count). The summed E-state index contributed by atoms with van der Waals surface area (Å²) < 4.78 is 26.5. The van der Waals surface area contributed by atoms with Crippen LogP contribution in [0.2, 0.25) is 5.02 Å². The van der Waals surface area contributed by atoms with E-state index >= 15 is 4.39 Å². The van der Waals surface area contributed by atoms with Crippen LogP contribution in [0.3, 0.4) is 0 Å². The molecule has 36 heavy (non-hydrogen) atoms. The van der Waals surface area contributed by atoms with Gasteiger partial charge in [0.15, 0.2) is 5.78 Å². The average Bonchev–Trinajstić information content (AvgIpc) is 3.05. The summed E-state index contributed by atoms with van der Waals surface area (Å²) in [5, 5.41) is 3.33. The first-order valence-electron chi connectivity index (χ1n) is 11.9. The van der Waals surface area contributed by atoms with Crippen LogP contribution in [0.5, 0.6) is 0 Å². The second-order valence-electron chi connectivity index (χ2n) is 10.3. The summed E-state index contributed by atoms with van der Waals surface area (Å²) in [4.78, 5) is 37.7. The van der Waals surface area contributed by atoms with E-state index in [2.05, 4.69) is 5.32 Å². The van der Waals surface area contributed by atoms with Crippen LogP contribution in [0.1, 0.15) is 67.1 Å². The van der Waals surface area contributed by atoms with Gasteiger partial charge in [-0.3, -0.25) is 14.4 Å². The van der Waals surface area contributed by atoms with E-state index in [1.165, 1.54) is 17.8 Å². The van der Waals surface area contributed by atoms with Crippen molar-refractivity contribution in [1.82, 2.24) is 5.32 Å². The van der Waals surface area contributed by atoms with E-state index in [0.717, 1.165) is 5.56 Å². The number of ether oxygens (including phenoxy) is 2. The summed E-state index contributed by atoms with van der Waals surface area (Å²) >= 11 is 7.91. The van der Waals surface area contributed by atoms with Crippen LogP contribution in [-0.2, 0) is 37.0 Å². The highest BCUT2D eigenvalue weighted by atomic mass is 35.5. The quantitative estimate of drug-likeness (QED) is 0.306. The minimum Gasteiger partial charge on any atom is -0.416 e. The molecule has 0 aliphatic carbocycles.